The number of carbonyl (C=O) groups excluding carboxylic acids is 2. The van der Waals surface area contributed by atoms with E-state index >= 15 is 0 Å². The largest absolute Gasteiger partial charge is 0.438 e. The number of fused-ring (bicyclic) bond motifs is 1. The molecule has 2 aromatic rings. The summed E-state index contributed by atoms with van der Waals surface area (Å²) in [5, 5.41) is 23.3. The number of ketones is 1. The maximum Gasteiger partial charge on any atom is 0.410 e. The van der Waals surface area contributed by atoms with E-state index in [-0.39, 0.29) is 24.2 Å². The minimum Gasteiger partial charge on any atom is -0.438 e. The first-order valence-corrected chi connectivity index (χ1v) is 16.9. The number of anilines is 1. The molecule has 258 valence electrons. The number of unbranched alkanes of at least 4 members (excludes halogenated alkanes) is 1. The van der Waals surface area contributed by atoms with Crippen LogP contribution in [-0.2, 0) is 25.5 Å². The van der Waals surface area contributed by atoms with Gasteiger partial charge in [-0.15, -0.1) is 5.10 Å². The summed E-state index contributed by atoms with van der Waals surface area (Å²) in [6, 6.07) is 6.93. The number of nitrogens with one attached hydrogen (secondary N) is 1. The van der Waals surface area contributed by atoms with Crippen LogP contribution in [0.2, 0.25) is 5.82 Å². The number of nitrogen functional groups attached to an aromatic ring is 1. The lowest BCUT2D eigenvalue weighted by Gasteiger charge is -2.42. The Morgan fingerprint density at radius 1 is 1.19 bits per heavy atom. The van der Waals surface area contributed by atoms with Crippen LogP contribution in [-0.4, -0.2) is 101 Å². The van der Waals surface area contributed by atoms with E-state index in [4.69, 9.17) is 27.8 Å². The van der Waals surface area contributed by atoms with E-state index < -0.39 is 47.5 Å². The smallest absolute Gasteiger partial charge is 0.410 e. The third-order valence-electron chi connectivity index (χ3n) is 10.2. The number of benzene rings is 1. The molecule has 1 aromatic heterocycles. The summed E-state index contributed by atoms with van der Waals surface area (Å²) < 4.78 is 20.0. The first-order valence-electron chi connectivity index (χ1n) is 16.9. The molecule has 2 aliphatic rings. The normalized spacial score (nSPS) is 34.4. The van der Waals surface area contributed by atoms with Crippen molar-refractivity contribution >= 4 is 25.4 Å². The second-order valence-corrected chi connectivity index (χ2v) is 13.9. The van der Waals surface area contributed by atoms with Crippen LogP contribution in [0.1, 0.15) is 73.6 Å². The molecule has 4 N–H and O–H groups in total. The zero-order valence-corrected chi connectivity index (χ0v) is 29.0. The molecule has 0 bridgehead atoms. The molecule has 1 amide bonds. The van der Waals surface area contributed by atoms with E-state index in [0.717, 1.165) is 17.7 Å². The van der Waals surface area contributed by atoms with Crippen LogP contribution >= 0.6 is 0 Å². The van der Waals surface area contributed by atoms with Crippen LogP contribution in [0.15, 0.2) is 30.5 Å². The molecule has 2 radical (unpaired) electrons. The van der Waals surface area contributed by atoms with Crippen molar-refractivity contribution in [2.75, 3.05) is 25.9 Å². The van der Waals surface area contributed by atoms with Crippen LogP contribution in [0.25, 0.3) is 11.3 Å². The molecule has 12 nitrogen and oxygen atoms in total. The van der Waals surface area contributed by atoms with Gasteiger partial charge in [-0.05, 0) is 76.9 Å². The average Bonchev–Trinajstić information content (AvgIpc) is 3.61. The number of aryl methyl sites for hydroxylation is 1. The highest BCUT2D eigenvalue weighted by Crippen LogP contribution is 2.40. The molecule has 47 heavy (non-hydrogen) atoms. The first kappa shape index (κ1) is 36.8. The number of rotatable bonds is 8. The van der Waals surface area contributed by atoms with Gasteiger partial charge in [-0.25, -0.2) is 4.79 Å². The van der Waals surface area contributed by atoms with E-state index in [1.807, 2.05) is 58.2 Å². The van der Waals surface area contributed by atoms with Gasteiger partial charge in [0.25, 0.3) is 0 Å². The summed E-state index contributed by atoms with van der Waals surface area (Å²) in [5.74, 6) is -1.46. The van der Waals surface area contributed by atoms with E-state index in [2.05, 4.69) is 22.6 Å². The monoisotopic (exact) mass is 652 g/mol. The number of amides is 1. The predicted octanol–water partition coefficient (Wildman–Crippen LogP) is 3.98. The van der Waals surface area contributed by atoms with E-state index in [1.54, 1.807) is 23.6 Å². The number of methoxy groups -OCH3 is 1. The van der Waals surface area contributed by atoms with Crippen LogP contribution < -0.4 is 11.1 Å². The van der Waals surface area contributed by atoms with Crippen molar-refractivity contribution in [3.8, 4) is 11.3 Å². The standard InChI is InChI=1S/C34H53BN6O6/c1-8-29-34(6)30(23(4)37-19-21(2)18-33(5,45-7)28(35)17-27(42)22(3)31(43)46-29)41(32(44)47-34)15-10-9-14-40-20-26(38-39-40)24-12-11-13-25(36)16-24/h11-13,16,20-23,28-31,37,43H,8-10,14-15,17-19,36H2,1-7H3/t21-,22-,23-,28-,29-,30-,31?,33-,34-/m1/s1. The minimum atomic E-state index is -1.40. The van der Waals surface area contributed by atoms with Gasteiger partial charge in [0, 0.05) is 43.9 Å². The Kier molecular flexibility index (Phi) is 12.1. The van der Waals surface area contributed by atoms with Crippen molar-refractivity contribution in [3.05, 3.63) is 30.5 Å². The lowest BCUT2D eigenvalue weighted by Crippen LogP contribution is -2.61. The van der Waals surface area contributed by atoms with Crippen LogP contribution in [0.5, 0.6) is 0 Å². The van der Waals surface area contributed by atoms with Gasteiger partial charge in [-0.2, -0.15) is 0 Å². The number of aliphatic hydroxyl groups is 1. The predicted molar refractivity (Wildman–Crippen MR) is 181 cm³/mol. The van der Waals surface area contributed by atoms with Crippen molar-refractivity contribution in [1.82, 2.24) is 25.2 Å². The molecule has 1 unspecified atom stereocenters. The topological polar surface area (TPSA) is 154 Å². The number of ether oxygens (including phenoxy) is 3. The van der Waals surface area contributed by atoms with Gasteiger partial charge < -0.3 is 30.4 Å². The third kappa shape index (κ3) is 8.36. The number of hydrogen-bond donors (Lipinski definition) is 3. The van der Waals surface area contributed by atoms with Crippen molar-refractivity contribution in [2.24, 2.45) is 11.8 Å². The molecule has 0 saturated carbocycles. The van der Waals surface area contributed by atoms with E-state index in [1.165, 1.54) is 0 Å². The summed E-state index contributed by atoms with van der Waals surface area (Å²) in [7, 11) is 8.15. The molecule has 2 aliphatic heterocycles. The third-order valence-corrected chi connectivity index (χ3v) is 10.2. The Labute approximate surface area is 280 Å². The van der Waals surface area contributed by atoms with Crippen molar-refractivity contribution in [3.63, 3.8) is 0 Å². The molecule has 9 atom stereocenters. The Morgan fingerprint density at radius 3 is 2.60 bits per heavy atom. The fraction of sp³-hybridized carbons (Fsp3) is 0.706. The van der Waals surface area contributed by atoms with Gasteiger partial charge >= 0.3 is 6.09 Å². The molecular weight excluding hydrogens is 599 g/mol. The van der Waals surface area contributed by atoms with Gasteiger partial charge in [0.15, 0.2) is 11.9 Å². The SMILES string of the molecule is [B][C@@H]1CC(=O)[C@@H](C)C(O)O[C@H](CC)[C@@]2(C)OC(=O)N(CCCCn3cc(-c4cccc(N)c4)nn3)[C@@H]2[C@@H](C)NC[C@H](C)C[C@@]1(C)OC. The summed E-state index contributed by atoms with van der Waals surface area (Å²) in [6.07, 6.45) is 1.97. The van der Waals surface area contributed by atoms with Crippen LogP contribution in [0, 0.1) is 11.8 Å². The molecular formula is C34H53BN6O6. The molecule has 0 aliphatic carbocycles. The fourth-order valence-electron chi connectivity index (χ4n) is 7.13. The molecule has 1 aromatic carbocycles. The summed E-state index contributed by atoms with van der Waals surface area (Å²) in [4.78, 5) is 28.6. The maximum atomic E-state index is 13.6. The second-order valence-electron chi connectivity index (χ2n) is 13.9. The van der Waals surface area contributed by atoms with Gasteiger partial charge in [0.1, 0.15) is 17.6 Å². The number of hydrogen-bond acceptors (Lipinski definition) is 10. The molecule has 2 saturated heterocycles. The number of aliphatic hydroxyl groups excluding tert-OH is 1. The van der Waals surface area contributed by atoms with Crippen LogP contribution in [0.3, 0.4) is 0 Å². The number of Topliss-reactive ketones (excluding diaryl/α,β-unsaturated/α-hetero) is 1. The summed E-state index contributed by atoms with van der Waals surface area (Å²) >= 11 is 0. The van der Waals surface area contributed by atoms with E-state index in [9.17, 15) is 14.7 Å². The maximum absolute atomic E-state index is 13.6. The Bertz CT molecular complexity index is 1360. The number of carbonyl (C=O) groups is 2. The second kappa shape index (κ2) is 15.5. The summed E-state index contributed by atoms with van der Waals surface area (Å²) in [6.45, 7) is 13.2. The number of aromatic nitrogens is 3. The Morgan fingerprint density at radius 2 is 1.91 bits per heavy atom. The quantitative estimate of drug-likeness (QED) is 0.217. The van der Waals surface area contributed by atoms with Crippen LogP contribution in [0.4, 0.5) is 10.5 Å². The molecule has 13 heteroatoms. The zero-order chi connectivity index (χ0) is 34.5. The molecule has 0 spiro atoms. The van der Waals surface area contributed by atoms with Crippen molar-refractivity contribution < 1.29 is 28.9 Å². The minimum absolute atomic E-state index is 0.0404. The summed E-state index contributed by atoms with van der Waals surface area (Å²) in [5.41, 5.74) is 6.40. The van der Waals surface area contributed by atoms with Crippen molar-refractivity contribution in [1.29, 1.82) is 0 Å². The fourth-order valence-corrected chi connectivity index (χ4v) is 7.13. The molecule has 3 heterocycles. The highest BCUT2D eigenvalue weighted by Gasteiger charge is 2.57. The lowest BCUT2D eigenvalue weighted by atomic mass is 9.67. The van der Waals surface area contributed by atoms with Gasteiger partial charge in [0.05, 0.1) is 31.6 Å². The van der Waals surface area contributed by atoms with Gasteiger partial charge in [-0.3, -0.25) is 14.4 Å². The molecule has 2 fully saturated rings. The highest BCUT2D eigenvalue weighted by atomic mass is 16.6. The number of nitrogens with two attached hydrogens (primary N) is 1. The number of nitrogens with zero attached hydrogens (tertiary/aromatic N) is 4. The van der Waals surface area contributed by atoms with Crippen molar-refractivity contribution in [2.45, 2.75) is 122 Å². The lowest BCUT2D eigenvalue weighted by molar-refractivity contribution is -0.209. The zero-order valence-electron chi connectivity index (χ0n) is 29.0. The Hall–Kier alpha value is -3.00. The first-order chi connectivity index (χ1) is 22.2. The van der Waals surface area contributed by atoms with E-state index in [0.29, 0.717) is 44.6 Å². The average molecular weight is 653 g/mol. The highest BCUT2D eigenvalue weighted by molar-refractivity contribution is 6.14. The Balaban J connectivity index is 1.52. The van der Waals surface area contributed by atoms with Gasteiger partial charge in [-0.1, -0.05) is 38.1 Å². The molecule has 4 rings (SSSR count). The van der Waals surface area contributed by atoms with Gasteiger partial charge in [0.2, 0.25) is 0 Å².